The minimum atomic E-state index is -0.573. The van der Waals surface area contributed by atoms with Crippen LogP contribution in [0.1, 0.15) is 23.6 Å². The van der Waals surface area contributed by atoms with Crippen LogP contribution in [0.15, 0.2) is 85.9 Å². The maximum absolute atomic E-state index is 12.5. The Morgan fingerprint density at radius 1 is 1.03 bits per heavy atom. The van der Waals surface area contributed by atoms with Crippen LogP contribution in [0, 0.1) is 0 Å². The summed E-state index contributed by atoms with van der Waals surface area (Å²) in [6, 6.07) is 20.1. The third-order valence-corrected chi connectivity index (χ3v) is 4.37. The van der Waals surface area contributed by atoms with Gasteiger partial charge in [-0.25, -0.2) is 4.79 Å². The number of hydrogen-bond donors (Lipinski definition) is 1. The Balaban J connectivity index is 1.79. The molecule has 2 aromatic carbocycles. The highest BCUT2D eigenvalue weighted by Gasteiger charge is 2.13. The van der Waals surface area contributed by atoms with Crippen molar-refractivity contribution < 1.29 is 9.25 Å². The average molecular weight is 387 g/mol. The van der Waals surface area contributed by atoms with Gasteiger partial charge in [-0.15, -0.1) is 0 Å². The van der Waals surface area contributed by atoms with Crippen molar-refractivity contribution >= 4 is 16.8 Å². The Morgan fingerprint density at radius 3 is 2.24 bits per heavy atom. The lowest BCUT2D eigenvalue weighted by molar-refractivity contribution is 0.311. The predicted octanol–water partition coefficient (Wildman–Crippen LogP) is 3.27. The first-order valence-corrected chi connectivity index (χ1v) is 9.08. The van der Waals surface area contributed by atoms with E-state index in [1.54, 1.807) is 0 Å². The molecule has 1 N–H and O–H groups in total. The van der Waals surface area contributed by atoms with Crippen LogP contribution in [0.4, 0.5) is 0 Å². The van der Waals surface area contributed by atoms with Gasteiger partial charge in [0.05, 0.1) is 0 Å². The highest BCUT2D eigenvalue weighted by Crippen LogP contribution is 2.15. The Kier molecular flexibility index (Phi) is 5.03. The van der Waals surface area contributed by atoms with Crippen LogP contribution < -0.4 is 16.0 Å². The second-order valence-corrected chi connectivity index (χ2v) is 6.26. The summed E-state index contributed by atoms with van der Waals surface area (Å²) >= 11 is 0. The lowest BCUT2D eigenvalue weighted by Crippen LogP contribution is -2.15. The number of hydrogen-bond acceptors (Lipinski definition) is 6. The summed E-state index contributed by atoms with van der Waals surface area (Å²) in [6.45, 7) is 1.84. The molecule has 2 aromatic heterocycles. The molecule has 0 bridgehead atoms. The summed E-state index contributed by atoms with van der Waals surface area (Å²) in [6.07, 6.45) is 0.497. The maximum atomic E-state index is 12.5. The van der Waals surface area contributed by atoms with Gasteiger partial charge in [0.2, 0.25) is 5.71 Å². The van der Waals surface area contributed by atoms with Crippen molar-refractivity contribution in [2.75, 3.05) is 0 Å². The molecular formula is C22H17N3O4. The van der Waals surface area contributed by atoms with Gasteiger partial charge in [0.15, 0.2) is 0 Å². The van der Waals surface area contributed by atoms with Gasteiger partial charge in [-0.05, 0) is 12.0 Å². The number of fused-ring (bicyclic) bond motifs is 1. The molecule has 2 heterocycles. The third kappa shape index (κ3) is 3.84. The smallest absolute Gasteiger partial charge is 0.337 e. The number of rotatable bonds is 5. The summed E-state index contributed by atoms with van der Waals surface area (Å²) in [5.74, 6) is 0. The van der Waals surface area contributed by atoms with Gasteiger partial charge in [0.1, 0.15) is 11.1 Å². The van der Waals surface area contributed by atoms with E-state index < -0.39 is 11.2 Å². The van der Waals surface area contributed by atoms with Gasteiger partial charge in [0.25, 0.3) is 5.56 Å². The quantitative estimate of drug-likeness (QED) is 0.419. The van der Waals surface area contributed by atoms with Crippen LogP contribution in [0.2, 0.25) is 0 Å². The van der Waals surface area contributed by atoms with Crippen LogP contribution >= 0.6 is 0 Å². The third-order valence-electron chi connectivity index (χ3n) is 4.37. The van der Waals surface area contributed by atoms with Gasteiger partial charge in [-0.3, -0.25) is 9.78 Å². The zero-order chi connectivity index (χ0) is 20.2. The number of oxime groups is 1. The maximum Gasteiger partial charge on any atom is 0.337 e. The second kappa shape index (κ2) is 7.93. The minimum absolute atomic E-state index is 0.0794. The van der Waals surface area contributed by atoms with Crippen molar-refractivity contribution in [3.63, 3.8) is 0 Å². The lowest BCUT2D eigenvalue weighted by atomic mass is 10.0. The molecule has 0 unspecified atom stereocenters. The SMILES string of the molecule is CCc1cc(=O)oc2nc(ON=C(c3ccccc3)c3ccccc3)[nH]c(=O)c12. The first-order valence-electron chi connectivity index (χ1n) is 9.08. The zero-order valence-corrected chi connectivity index (χ0v) is 15.6. The van der Waals surface area contributed by atoms with Crippen molar-refractivity contribution in [1.29, 1.82) is 0 Å². The van der Waals surface area contributed by atoms with Gasteiger partial charge < -0.3 is 9.25 Å². The number of aromatic amines is 1. The van der Waals surface area contributed by atoms with E-state index in [2.05, 4.69) is 15.1 Å². The van der Waals surface area contributed by atoms with Crippen molar-refractivity contribution in [2.45, 2.75) is 13.3 Å². The molecule has 0 amide bonds. The standard InChI is InChI=1S/C22H17N3O4/c1-2-14-13-17(26)28-21-18(14)20(27)23-22(24-21)29-25-19(15-9-5-3-6-10-15)16-11-7-4-8-12-16/h3-13H,2H2,1H3,(H,23,24,27). The highest BCUT2D eigenvalue weighted by atomic mass is 16.6. The van der Waals surface area contributed by atoms with Gasteiger partial charge in [-0.2, -0.15) is 4.98 Å². The first kappa shape index (κ1) is 18.4. The molecular weight excluding hydrogens is 370 g/mol. The van der Waals surface area contributed by atoms with Crippen molar-refractivity contribution in [3.05, 3.63) is 104 Å². The Hall–Kier alpha value is -4.00. The monoisotopic (exact) mass is 387 g/mol. The fourth-order valence-electron chi connectivity index (χ4n) is 3.00. The number of aryl methyl sites for hydroxylation is 1. The molecule has 0 saturated heterocycles. The predicted molar refractivity (Wildman–Crippen MR) is 109 cm³/mol. The summed E-state index contributed by atoms with van der Waals surface area (Å²) < 4.78 is 5.09. The lowest BCUT2D eigenvalue weighted by Gasteiger charge is -2.07. The number of benzene rings is 2. The molecule has 4 aromatic rings. The summed E-state index contributed by atoms with van der Waals surface area (Å²) in [4.78, 5) is 36.3. The first-order chi connectivity index (χ1) is 14.2. The van der Waals surface area contributed by atoms with Crippen LogP contribution in [0.5, 0.6) is 6.01 Å². The molecule has 0 aliphatic carbocycles. The molecule has 144 valence electrons. The van der Waals surface area contributed by atoms with Crippen LogP contribution in [-0.4, -0.2) is 15.7 Å². The fourth-order valence-corrected chi connectivity index (χ4v) is 3.00. The molecule has 0 saturated carbocycles. The summed E-state index contributed by atoms with van der Waals surface area (Å²) in [5.41, 5.74) is 1.69. The fraction of sp³-hybridized carbons (Fsp3) is 0.0909. The molecule has 0 radical (unpaired) electrons. The Bertz CT molecular complexity index is 1250. The van der Waals surface area contributed by atoms with Crippen LogP contribution in [0.3, 0.4) is 0 Å². The van der Waals surface area contributed by atoms with E-state index >= 15 is 0 Å². The van der Waals surface area contributed by atoms with E-state index in [4.69, 9.17) is 9.25 Å². The van der Waals surface area contributed by atoms with E-state index in [0.29, 0.717) is 17.7 Å². The Morgan fingerprint density at radius 2 is 1.66 bits per heavy atom. The largest absolute Gasteiger partial charge is 0.403 e. The molecule has 0 spiro atoms. The number of nitrogens with zero attached hydrogens (tertiary/aromatic N) is 2. The van der Waals surface area contributed by atoms with E-state index in [1.165, 1.54) is 6.07 Å². The molecule has 29 heavy (non-hydrogen) atoms. The Labute approximate surface area is 165 Å². The molecule has 0 aliphatic rings. The number of nitrogens with one attached hydrogen (secondary N) is 1. The molecule has 0 fully saturated rings. The molecule has 7 heteroatoms. The van der Waals surface area contributed by atoms with Crippen LogP contribution in [-0.2, 0) is 6.42 Å². The van der Waals surface area contributed by atoms with Crippen molar-refractivity contribution in [2.24, 2.45) is 5.16 Å². The van der Waals surface area contributed by atoms with Gasteiger partial charge in [0, 0.05) is 17.2 Å². The molecule has 4 rings (SSSR count). The number of aromatic nitrogens is 2. The van der Waals surface area contributed by atoms with Crippen LogP contribution in [0.25, 0.3) is 11.1 Å². The average Bonchev–Trinajstić information content (AvgIpc) is 2.74. The molecule has 0 atom stereocenters. The summed E-state index contributed by atoms with van der Waals surface area (Å²) in [5, 5.41) is 4.44. The van der Waals surface area contributed by atoms with Crippen molar-refractivity contribution in [1.82, 2.24) is 9.97 Å². The van der Waals surface area contributed by atoms with E-state index in [1.807, 2.05) is 67.6 Å². The topological polar surface area (TPSA) is 97.5 Å². The van der Waals surface area contributed by atoms with E-state index in [9.17, 15) is 9.59 Å². The van der Waals surface area contributed by atoms with Gasteiger partial charge >= 0.3 is 11.6 Å². The minimum Gasteiger partial charge on any atom is -0.403 e. The summed E-state index contributed by atoms with van der Waals surface area (Å²) in [7, 11) is 0. The zero-order valence-electron chi connectivity index (χ0n) is 15.6. The highest BCUT2D eigenvalue weighted by molar-refractivity contribution is 6.12. The normalized spacial score (nSPS) is 10.7. The molecule has 7 nitrogen and oxygen atoms in total. The number of H-pyrrole nitrogens is 1. The van der Waals surface area contributed by atoms with E-state index in [0.717, 1.165) is 11.1 Å². The van der Waals surface area contributed by atoms with Crippen molar-refractivity contribution in [3.8, 4) is 6.01 Å². The van der Waals surface area contributed by atoms with Gasteiger partial charge in [-0.1, -0.05) is 72.7 Å². The second-order valence-electron chi connectivity index (χ2n) is 6.26. The molecule has 0 aliphatic heterocycles. The van der Waals surface area contributed by atoms with E-state index in [-0.39, 0.29) is 17.1 Å².